The van der Waals surface area contributed by atoms with Crippen molar-refractivity contribution in [2.75, 3.05) is 12.4 Å². The van der Waals surface area contributed by atoms with Crippen LogP contribution in [0.3, 0.4) is 0 Å². The summed E-state index contributed by atoms with van der Waals surface area (Å²) in [7, 11) is 1.65. The lowest BCUT2D eigenvalue weighted by atomic mass is 10.2. The predicted octanol–water partition coefficient (Wildman–Crippen LogP) is 4.88. The van der Waals surface area contributed by atoms with Crippen LogP contribution < -0.4 is 10.1 Å². The highest BCUT2D eigenvalue weighted by Gasteiger charge is 2.06. The molecule has 100 valence electrons. The van der Waals surface area contributed by atoms with E-state index in [4.69, 9.17) is 16.3 Å². The van der Waals surface area contributed by atoms with Gasteiger partial charge in [0.15, 0.2) is 5.15 Å². The Morgan fingerprint density at radius 1 is 1.26 bits per heavy atom. The van der Waals surface area contributed by atoms with E-state index in [9.17, 15) is 0 Å². The van der Waals surface area contributed by atoms with E-state index in [0.29, 0.717) is 11.7 Å². The number of pyridine rings is 1. The van der Waals surface area contributed by atoms with E-state index in [2.05, 4.69) is 42.2 Å². The van der Waals surface area contributed by atoms with Crippen LogP contribution in [-0.2, 0) is 6.54 Å². The van der Waals surface area contributed by atoms with Crippen molar-refractivity contribution in [3.8, 4) is 5.75 Å². The molecule has 0 atom stereocenters. The van der Waals surface area contributed by atoms with Gasteiger partial charge < -0.3 is 10.1 Å². The molecule has 0 bridgehead atoms. The Morgan fingerprint density at radius 3 is 2.79 bits per heavy atom. The first kappa shape index (κ1) is 14.6. The highest BCUT2D eigenvalue weighted by Crippen LogP contribution is 2.27. The third kappa shape index (κ3) is 3.84. The van der Waals surface area contributed by atoms with Gasteiger partial charge in [0.25, 0.3) is 0 Å². The molecule has 0 saturated carbocycles. The van der Waals surface area contributed by atoms with Crippen molar-refractivity contribution in [1.29, 1.82) is 0 Å². The Hall–Kier alpha value is -0.780. The molecular weight excluding hydrogens is 395 g/mol. The Balaban J connectivity index is 2.18. The standard InChI is InChI=1S/C13H11Br2ClN2O/c1-19-12-3-2-9(14)4-8(12)6-17-11-5-10(15)7-18-13(11)16/h2-5,7,17H,6H2,1H3. The molecule has 1 aromatic carbocycles. The summed E-state index contributed by atoms with van der Waals surface area (Å²) in [4.78, 5) is 4.07. The van der Waals surface area contributed by atoms with Gasteiger partial charge in [0.05, 0.1) is 12.8 Å². The molecule has 0 radical (unpaired) electrons. The molecule has 2 rings (SSSR count). The summed E-state index contributed by atoms with van der Waals surface area (Å²) in [5, 5.41) is 3.69. The molecule has 0 spiro atoms. The van der Waals surface area contributed by atoms with E-state index in [1.807, 2.05) is 24.3 Å². The minimum absolute atomic E-state index is 0.442. The van der Waals surface area contributed by atoms with Crippen molar-refractivity contribution < 1.29 is 4.74 Å². The summed E-state index contributed by atoms with van der Waals surface area (Å²) in [6, 6.07) is 7.75. The average molecular weight is 407 g/mol. The van der Waals surface area contributed by atoms with Crippen LogP contribution in [0.25, 0.3) is 0 Å². The number of hydrogen-bond acceptors (Lipinski definition) is 3. The molecule has 0 aliphatic heterocycles. The maximum Gasteiger partial charge on any atom is 0.152 e. The van der Waals surface area contributed by atoms with Crippen molar-refractivity contribution in [2.45, 2.75) is 6.54 Å². The molecule has 1 N–H and O–H groups in total. The first-order valence-electron chi connectivity index (χ1n) is 5.47. The third-order valence-electron chi connectivity index (χ3n) is 2.52. The molecule has 0 saturated heterocycles. The maximum absolute atomic E-state index is 6.03. The number of aromatic nitrogens is 1. The fourth-order valence-electron chi connectivity index (χ4n) is 1.62. The Bertz CT molecular complexity index is 593. The lowest BCUT2D eigenvalue weighted by Gasteiger charge is -2.12. The Kier molecular flexibility index (Phi) is 5.07. The number of anilines is 1. The van der Waals surface area contributed by atoms with E-state index < -0.39 is 0 Å². The van der Waals surface area contributed by atoms with Gasteiger partial charge in [-0.15, -0.1) is 0 Å². The largest absolute Gasteiger partial charge is 0.496 e. The van der Waals surface area contributed by atoms with Gasteiger partial charge in [-0.2, -0.15) is 0 Å². The maximum atomic E-state index is 6.03. The quantitative estimate of drug-likeness (QED) is 0.735. The topological polar surface area (TPSA) is 34.1 Å². The Labute approximate surface area is 133 Å². The van der Waals surface area contributed by atoms with Gasteiger partial charge in [-0.3, -0.25) is 0 Å². The predicted molar refractivity (Wildman–Crippen MR) is 85.0 cm³/mol. The highest BCUT2D eigenvalue weighted by atomic mass is 79.9. The lowest BCUT2D eigenvalue weighted by Crippen LogP contribution is -2.03. The number of ether oxygens (including phenoxy) is 1. The van der Waals surface area contributed by atoms with Crippen LogP contribution in [0.5, 0.6) is 5.75 Å². The SMILES string of the molecule is COc1ccc(Br)cc1CNc1cc(Br)cnc1Cl. The van der Waals surface area contributed by atoms with Crippen LogP contribution in [0.2, 0.25) is 5.15 Å². The first-order valence-corrected chi connectivity index (χ1v) is 7.44. The average Bonchev–Trinajstić information content (AvgIpc) is 2.40. The molecule has 2 aromatic rings. The minimum Gasteiger partial charge on any atom is -0.496 e. The number of hydrogen-bond donors (Lipinski definition) is 1. The van der Waals surface area contributed by atoms with Crippen molar-refractivity contribution in [3.63, 3.8) is 0 Å². The fourth-order valence-corrected chi connectivity index (χ4v) is 2.53. The van der Waals surface area contributed by atoms with Gasteiger partial charge in [0.2, 0.25) is 0 Å². The van der Waals surface area contributed by atoms with E-state index in [-0.39, 0.29) is 0 Å². The molecule has 0 fully saturated rings. The van der Waals surface area contributed by atoms with Crippen molar-refractivity contribution in [3.05, 3.63) is 50.1 Å². The van der Waals surface area contributed by atoms with Gasteiger partial charge >= 0.3 is 0 Å². The molecule has 1 aromatic heterocycles. The number of nitrogens with zero attached hydrogens (tertiary/aromatic N) is 1. The van der Waals surface area contributed by atoms with Crippen molar-refractivity contribution in [1.82, 2.24) is 4.98 Å². The van der Waals surface area contributed by atoms with Crippen LogP contribution in [0.4, 0.5) is 5.69 Å². The monoisotopic (exact) mass is 404 g/mol. The minimum atomic E-state index is 0.442. The molecule has 6 heteroatoms. The second-order valence-corrected chi connectivity index (χ2v) is 5.99. The zero-order valence-electron chi connectivity index (χ0n) is 10.1. The number of halogens is 3. The molecule has 0 aliphatic carbocycles. The van der Waals surface area contributed by atoms with Gasteiger partial charge in [0.1, 0.15) is 5.75 Å². The van der Waals surface area contributed by atoms with E-state index >= 15 is 0 Å². The molecule has 1 heterocycles. The zero-order chi connectivity index (χ0) is 13.8. The van der Waals surface area contributed by atoms with E-state index in [1.165, 1.54) is 0 Å². The molecule has 0 aliphatic rings. The van der Waals surface area contributed by atoms with Gasteiger partial charge in [-0.05, 0) is 40.2 Å². The first-order chi connectivity index (χ1) is 9.10. The third-order valence-corrected chi connectivity index (χ3v) is 3.75. The second kappa shape index (κ2) is 6.59. The summed E-state index contributed by atoms with van der Waals surface area (Å²) in [6.07, 6.45) is 1.66. The Morgan fingerprint density at radius 2 is 2.05 bits per heavy atom. The van der Waals surface area contributed by atoms with Gasteiger partial charge in [-0.1, -0.05) is 27.5 Å². The van der Waals surface area contributed by atoms with Crippen molar-refractivity contribution >= 4 is 49.1 Å². The molecule has 3 nitrogen and oxygen atoms in total. The molecule has 0 unspecified atom stereocenters. The van der Waals surface area contributed by atoms with Crippen LogP contribution in [0.15, 0.2) is 39.4 Å². The summed E-state index contributed by atoms with van der Waals surface area (Å²) in [6.45, 7) is 0.598. The molecule has 19 heavy (non-hydrogen) atoms. The summed E-state index contributed by atoms with van der Waals surface area (Å²) in [5.41, 5.74) is 1.81. The number of methoxy groups -OCH3 is 1. The lowest BCUT2D eigenvalue weighted by molar-refractivity contribution is 0.410. The number of benzene rings is 1. The van der Waals surface area contributed by atoms with Crippen molar-refractivity contribution in [2.24, 2.45) is 0 Å². The summed E-state index contributed by atoms with van der Waals surface area (Å²) in [5.74, 6) is 0.828. The summed E-state index contributed by atoms with van der Waals surface area (Å²) < 4.78 is 7.20. The van der Waals surface area contributed by atoms with Gasteiger partial charge in [0, 0.05) is 27.3 Å². The molecule has 0 amide bonds. The normalized spacial score (nSPS) is 10.3. The highest BCUT2D eigenvalue weighted by molar-refractivity contribution is 9.10. The van der Waals surface area contributed by atoms with E-state index in [1.54, 1.807) is 13.3 Å². The smallest absolute Gasteiger partial charge is 0.152 e. The fraction of sp³-hybridized carbons (Fsp3) is 0.154. The van der Waals surface area contributed by atoms with E-state index in [0.717, 1.165) is 25.9 Å². The van der Waals surface area contributed by atoms with Crippen LogP contribution in [-0.4, -0.2) is 12.1 Å². The van der Waals surface area contributed by atoms with Crippen LogP contribution >= 0.6 is 43.5 Å². The summed E-state index contributed by atoms with van der Waals surface area (Å²) >= 11 is 12.8. The molecular formula is C13H11Br2ClN2O. The zero-order valence-corrected chi connectivity index (χ0v) is 14.0. The van der Waals surface area contributed by atoms with Crippen LogP contribution in [0.1, 0.15) is 5.56 Å². The second-order valence-electron chi connectivity index (χ2n) is 3.80. The van der Waals surface area contributed by atoms with Crippen LogP contribution in [0, 0.1) is 0 Å². The number of rotatable bonds is 4. The van der Waals surface area contributed by atoms with Gasteiger partial charge in [-0.25, -0.2) is 4.98 Å². The number of nitrogens with one attached hydrogen (secondary N) is 1.